The van der Waals surface area contributed by atoms with E-state index in [-0.39, 0.29) is 5.60 Å². The lowest BCUT2D eigenvalue weighted by atomic mass is 9.79. The fourth-order valence-corrected chi connectivity index (χ4v) is 3.00. The third-order valence-corrected chi connectivity index (χ3v) is 4.74. The van der Waals surface area contributed by atoms with E-state index < -0.39 is 0 Å². The molecule has 110 valence electrons. The lowest BCUT2D eigenvalue weighted by Crippen LogP contribution is -2.35. The molecule has 0 saturated heterocycles. The minimum absolute atomic E-state index is 0.262. The minimum atomic E-state index is -0.262. The van der Waals surface area contributed by atoms with Gasteiger partial charge in [0.15, 0.2) is 5.82 Å². The molecule has 1 N–H and O–H groups in total. The molecule has 1 aromatic rings. The predicted molar refractivity (Wildman–Crippen MR) is 78.2 cm³/mol. The van der Waals surface area contributed by atoms with Crippen LogP contribution in [-0.4, -0.2) is 23.1 Å². The lowest BCUT2D eigenvalue weighted by molar-refractivity contribution is -0.0599. The number of hydrogen-bond donors (Lipinski definition) is 1. The number of aromatic nitrogens is 2. The second kappa shape index (κ2) is 5.78. The van der Waals surface area contributed by atoms with Crippen LogP contribution in [0.3, 0.4) is 0 Å². The Balaban J connectivity index is 1.74. The zero-order chi connectivity index (χ0) is 14.0. The second-order valence-electron chi connectivity index (χ2n) is 6.41. The summed E-state index contributed by atoms with van der Waals surface area (Å²) in [5, 5.41) is 3.51. The van der Waals surface area contributed by atoms with Gasteiger partial charge in [0.05, 0.1) is 5.69 Å². The summed E-state index contributed by atoms with van der Waals surface area (Å²) in [4.78, 5) is 9.28. The third-order valence-electron chi connectivity index (χ3n) is 4.74. The molecule has 1 heterocycles. The van der Waals surface area contributed by atoms with Crippen LogP contribution in [0.1, 0.15) is 57.0 Å². The van der Waals surface area contributed by atoms with Gasteiger partial charge in [0, 0.05) is 25.9 Å². The van der Waals surface area contributed by atoms with Crippen molar-refractivity contribution in [1.82, 2.24) is 15.3 Å². The molecule has 20 heavy (non-hydrogen) atoms. The highest BCUT2D eigenvalue weighted by molar-refractivity contribution is 5.10. The first kappa shape index (κ1) is 14.0. The van der Waals surface area contributed by atoms with Crippen LogP contribution < -0.4 is 5.32 Å². The maximum Gasteiger partial charge on any atom is 0.160 e. The fourth-order valence-electron chi connectivity index (χ4n) is 3.00. The minimum Gasteiger partial charge on any atom is -0.370 e. The molecule has 0 aliphatic heterocycles. The zero-order valence-electron chi connectivity index (χ0n) is 12.6. The summed E-state index contributed by atoms with van der Waals surface area (Å²) >= 11 is 0. The van der Waals surface area contributed by atoms with E-state index >= 15 is 0 Å². The van der Waals surface area contributed by atoms with Gasteiger partial charge in [0.2, 0.25) is 0 Å². The number of ether oxygens (including phenoxy) is 1. The van der Waals surface area contributed by atoms with Gasteiger partial charge in [-0.1, -0.05) is 6.92 Å². The number of rotatable bonds is 5. The van der Waals surface area contributed by atoms with Crippen molar-refractivity contribution in [3.63, 3.8) is 0 Å². The average Bonchev–Trinajstić information content (AvgIpc) is 3.31. The molecule has 0 aromatic carbocycles. The quantitative estimate of drug-likeness (QED) is 0.897. The molecule has 0 unspecified atom stereocenters. The largest absolute Gasteiger partial charge is 0.370 e. The molecule has 0 spiro atoms. The molecule has 2 aliphatic rings. The first-order chi connectivity index (χ1) is 9.72. The van der Waals surface area contributed by atoms with Crippen LogP contribution in [0.2, 0.25) is 0 Å². The number of nitrogens with zero attached hydrogens (tertiary/aromatic N) is 2. The molecule has 1 aromatic heterocycles. The van der Waals surface area contributed by atoms with Crippen LogP contribution in [0, 0.1) is 5.92 Å². The van der Waals surface area contributed by atoms with Crippen molar-refractivity contribution >= 4 is 0 Å². The molecule has 3 rings (SSSR count). The van der Waals surface area contributed by atoms with Gasteiger partial charge in [0.25, 0.3) is 0 Å². The average molecular weight is 275 g/mol. The Morgan fingerprint density at radius 1 is 1.30 bits per heavy atom. The molecular formula is C16H25N3O. The van der Waals surface area contributed by atoms with Crippen LogP contribution in [0.5, 0.6) is 0 Å². The van der Waals surface area contributed by atoms with E-state index in [0.717, 1.165) is 36.8 Å². The standard InChI is InChI=1S/C16H25N3O/c1-12-5-8-16(20-2,9-6-12)15-17-10-7-14(19-15)11-18-13-3-4-13/h7,10,12-13,18H,3-6,8-9,11H2,1-2H3. The molecule has 4 heteroatoms. The van der Waals surface area contributed by atoms with Crippen molar-refractivity contribution in [2.24, 2.45) is 5.92 Å². The van der Waals surface area contributed by atoms with Gasteiger partial charge < -0.3 is 10.1 Å². The topological polar surface area (TPSA) is 47.0 Å². The summed E-state index contributed by atoms with van der Waals surface area (Å²) in [5.74, 6) is 1.67. The number of hydrogen-bond acceptors (Lipinski definition) is 4. The summed E-state index contributed by atoms with van der Waals surface area (Å²) in [6, 6.07) is 2.72. The predicted octanol–water partition coefficient (Wildman–Crippen LogP) is 2.78. The Hall–Kier alpha value is -1.00. The Kier molecular flexibility index (Phi) is 4.03. The summed E-state index contributed by atoms with van der Waals surface area (Å²) < 4.78 is 5.86. The van der Waals surface area contributed by atoms with E-state index in [2.05, 4.69) is 17.2 Å². The van der Waals surface area contributed by atoms with E-state index in [1.807, 2.05) is 12.3 Å². The molecule has 0 amide bonds. The Bertz CT molecular complexity index is 451. The highest BCUT2D eigenvalue weighted by atomic mass is 16.5. The summed E-state index contributed by atoms with van der Waals surface area (Å²) in [7, 11) is 1.80. The maximum absolute atomic E-state index is 5.86. The van der Waals surface area contributed by atoms with E-state index in [1.54, 1.807) is 7.11 Å². The van der Waals surface area contributed by atoms with Crippen LogP contribution in [-0.2, 0) is 16.9 Å². The van der Waals surface area contributed by atoms with Gasteiger partial charge in [-0.3, -0.25) is 0 Å². The van der Waals surface area contributed by atoms with Gasteiger partial charge in [-0.25, -0.2) is 9.97 Å². The summed E-state index contributed by atoms with van der Waals surface area (Å²) in [6.45, 7) is 3.16. The first-order valence-corrected chi connectivity index (χ1v) is 7.83. The molecule has 2 saturated carbocycles. The van der Waals surface area contributed by atoms with Crippen LogP contribution in [0.15, 0.2) is 12.3 Å². The second-order valence-corrected chi connectivity index (χ2v) is 6.41. The maximum atomic E-state index is 5.86. The van der Waals surface area contributed by atoms with Gasteiger partial charge >= 0.3 is 0 Å². The zero-order valence-corrected chi connectivity index (χ0v) is 12.6. The lowest BCUT2D eigenvalue weighted by Gasteiger charge is -2.37. The third kappa shape index (κ3) is 3.01. The van der Waals surface area contributed by atoms with Crippen molar-refractivity contribution in [2.45, 2.75) is 63.6 Å². The van der Waals surface area contributed by atoms with E-state index in [9.17, 15) is 0 Å². The van der Waals surface area contributed by atoms with Crippen molar-refractivity contribution in [1.29, 1.82) is 0 Å². The fraction of sp³-hybridized carbons (Fsp3) is 0.750. The molecule has 2 fully saturated rings. The molecule has 2 aliphatic carbocycles. The number of nitrogens with one attached hydrogen (secondary N) is 1. The van der Waals surface area contributed by atoms with Crippen molar-refractivity contribution in [3.8, 4) is 0 Å². The van der Waals surface area contributed by atoms with Gasteiger partial charge in [0.1, 0.15) is 5.60 Å². The Labute approximate surface area is 121 Å². The van der Waals surface area contributed by atoms with E-state index in [1.165, 1.54) is 25.7 Å². The van der Waals surface area contributed by atoms with Crippen molar-refractivity contribution in [3.05, 3.63) is 23.8 Å². The molecule has 4 nitrogen and oxygen atoms in total. The monoisotopic (exact) mass is 275 g/mol. The van der Waals surface area contributed by atoms with Crippen molar-refractivity contribution < 1.29 is 4.74 Å². The normalized spacial score (nSPS) is 30.4. The van der Waals surface area contributed by atoms with Gasteiger partial charge in [-0.05, 0) is 50.5 Å². The Morgan fingerprint density at radius 3 is 2.70 bits per heavy atom. The Morgan fingerprint density at radius 2 is 2.05 bits per heavy atom. The van der Waals surface area contributed by atoms with Crippen LogP contribution in [0.4, 0.5) is 0 Å². The molecular weight excluding hydrogens is 250 g/mol. The summed E-state index contributed by atoms with van der Waals surface area (Å²) in [5.41, 5.74) is 0.819. The first-order valence-electron chi connectivity index (χ1n) is 7.83. The van der Waals surface area contributed by atoms with Crippen LogP contribution >= 0.6 is 0 Å². The van der Waals surface area contributed by atoms with Crippen molar-refractivity contribution in [2.75, 3.05) is 7.11 Å². The molecule has 0 atom stereocenters. The highest BCUT2D eigenvalue weighted by Gasteiger charge is 2.38. The number of methoxy groups -OCH3 is 1. The highest BCUT2D eigenvalue weighted by Crippen LogP contribution is 2.40. The van der Waals surface area contributed by atoms with E-state index in [4.69, 9.17) is 9.72 Å². The van der Waals surface area contributed by atoms with Gasteiger partial charge in [-0.15, -0.1) is 0 Å². The molecule has 0 radical (unpaired) electrons. The van der Waals surface area contributed by atoms with E-state index in [0.29, 0.717) is 6.04 Å². The van der Waals surface area contributed by atoms with Crippen LogP contribution in [0.25, 0.3) is 0 Å². The SMILES string of the molecule is COC1(c2nccc(CNC3CC3)n2)CCC(C)CC1. The smallest absolute Gasteiger partial charge is 0.160 e. The molecule has 0 bridgehead atoms. The van der Waals surface area contributed by atoms with Gasteiger partial charge in [-0.2, -0.15) is 0 Å². The summed E-state index contributed by atoms with van der Waals surface area (Å²) in [6.07, 6.45) is 8.94.